The van der Waals surface area contributed by atoms with Crippen LogP contribution in [-0.4, -0.2) is 17.5 Å². The highest BCUT2D eigenvalue weighted by molar-refractivity contribution is 6.30. The Hall–Kier alpha value is -3.94. The van der Waals surface area contributed by atoms with Gasteiger partial charge in [-0.1, -0.05) is 56.6 Å². The quantitative estimate of drug-likeness (QED) is 0.361. The Morgan fingerprint density at radius 2 is 1.82 bits per heavy atom. The van der Waals surface area contributed by atoms with Crippen LogP contribution in [0, 0.1) is 52.6 Å². The van der Waals surface area contributed by atoms with E-state index < -0.39 is 35.0 Å². The molecule has 1 unspecified atom stereocenters. The molecule has 0 aliphatic carbocycles. The summed E-state index contributed by atoms with van der Waals surface area (Å²) < 4.78 is 31.4. The second kappa shape index (κ2) is 10.7. The Morgan fingerprint density at radius 3 is 2.41 bits per heavy atom. The summed E-state index contributed by atoms with van der Waals surface area (Å²) in [6, 6.07) is 18.0. The molecule has 3 aromatic rings. The summed E-state index contributed by atoms with van der Waals surface area (Å²) in [6.45, 7) is 7.86. The number of anilines is 1. The van der Waals surface area contributed by atoms with Gasteiger partial charge in [0.1, 0.15) is 17.0 Å². The van der Waals surface area contributed by atoms with Crippen LogP contribution >= 0.6 is 11.6 Å². The van der Waals surface area contributed by atoms with Gasteiger partial charge in [0.15, 0.2) is 0 Å². The highest BCUT2D eigenvalue weighted by atomic mass is 35.5. The van der Waals surface area contributed by atoms with Gasteiger partial charge in [-0.05, 0) is 60.7 Å². The van der Waals surface area contributed by atoms with Gasteiger partial charge in [-0.3, -0.25) is 0 Å². The molecule has 0 bridgehead atoms. The van der Waals surface area contributed by atoms with Gasteiger partial charge in [-0.2, -0.15) is 10.5 Å². The van der Waals surface area contributed by atoms with Crippen molar-refractivity contribution in [2.75, 3.05) is 11.9 Å². The van der Waals surface area contributed by atoms with Crippen molar-refractivity contribution in [3.63, 3.8) is 0 Å². The van der Waals surface area contributed by atoms with Gasteiger partial charge in [0, 0.05) is 29.3 Å². The van der Waals surface area contributed by atoms with Crippen LogP contribution in [0.1, 0.15) is 55.5 Å². The molecule has 2 amide bonds. The van der Waals surface area contributed by atoms with Crippen molar-refractivity contribution in [1.82, 2.24) is 4.90 Å². The number of nitriles is 2. The Balaban J connectivity index is 1.94. The fraction of sp³-hybridized carbons (Fsp3) is 0.323. The monoisotopic (exact) mass is 546 g/mol. The molecule has 1 aliphatic rings. The molecule has 1 N–H and O–H groups in total. The highest BCUT2D eigenvalue weighted by Gasteiger charge is 2.60. The number of aryl methyl sites for hydroxylation is 1. The molecule has 0 spiro atoms. The maximum Gasteiger partial charge on any atom is 0.322 e. The molecule has 5 nitrogen and oxygen atoms in total. The summed E-state index contributed by atoms with van der Waals surface area (Å²) in [7, 11) is 0. The number of rotatable bonds is 4. The molecule has 1 heterocycles. The largest absolute Gasteiger partial charge is 0.322 e. The fourth-order valence-electron chi connectivity index (χ4n) is 5.62. The van der Waals surface area contributed by atoms with E-state index in [2.05, 4.69) is 11.4 Å². The molecule has 4 rings (SSSR count). The molecule has 39 heavy (non-hydrogen) atoms. The SMILES string of the molecule is Cc1ccc(C2(C#N)[C@H](CC(C)(C)C)CN(C(=O)Nc3ccc(C#N)cc3)[C@@H]2c2cccc(Cl)c2F)c(F)c1. The zero-order chi connectivity index (χ0) is 28.5. The average molecular weight is 547 g/mol. The van der Waals surface area contributed by atoms with Crippen LogP contribution in [0.5, 0.6) is 0 Å². The summed E-state index contributed by atoms with van der Waals surface area (Å²) >= 11 is 6.18. The summed E-state index contributed by atoms with van der Waals surface area (Å²) in [5.41, 5.74) is -0.220. The zero-order valence-corrected chi connectivity index (χ0v) is 23.0. The van der Waals surface area contributed by atoms with E-state index in [4.69, 9.17) is 16.9 Å². The number of carbonyl (C=O) groups excluding carboxylic acids is 1. The zero-order valence-electron chi connectivity index (χ0n) is 22.2. The van der Waals surface area contributed by atoms with Gasteiger partial charge in [-0.15, -0.1) is 0 Å². The number of halogens is 3. The van der Waals surface area contributed by atoms with Crippen molar-refractivity contribution in [2.45, 2.75) is 45.6 Å². The van der Waals surface area contributed by atoms with Gasteiger partial charge in [0.25, 0.3) is 0 Å². The van der Waals surface area contributed by atoms with Crippen LogP contribution in [0.2, 0.25) is 5.02 Å². The summed E-state index contributed by atoms with van der Waals surface area (Å²) in [5.74, 6) is -1.88. The number of carbonyl (C=O) groups is 1. The van der Waals surface area contributed by atoms with Gasteiger partial charge in [-0.25, -0.2) is 13.6 Å². The van der Waals surface area contributed by atoms with Crippen molar-refractivity contribution in [3.8, 4) is 12.1 Å². The van der Waals surface area contributed by atoms with E-state index in [-0.39, 0.29) is 28.1 Å². The van der Waals surface area contributed by atoms with Crippen molar-refractivity contribution in [1.29, 1.82) is 10.5 Å². The predicted octanol–water partition coefficient (Wildman–Crippen LogP) is 7.90. The number of hydrogen-bond donors (Lipinski definition) is 1. The maximum atomic E-state index is 15.7. The number of benzene rings is 3. The third-order valence-corrected chi connectivity index (χ3v) is 7.51. The van der Waals surface area contributed by atoms with E-state index in [1.54, 1.807) is 49.4 Å². The predicted molar refractivity (Wildman–Crippen MR) is 147 cm³/mol. The second-order valence-corrected chi connectivity index (χ2v) is 11.7. The minimum Gasteiger partial charge on any atom is -0.315 e. The number of hydrogen-bond acceptors (Lipinski definition) is 3. The summed E-state index contributed by atoms with van der Waals surface area (Å²) in [4.78, 5) is 15.2. The molecule has 3 atom stereocenters. The topological polar surface area (TPSA) is 79.9 Å². The molecule has 3 aromatic carbocycles. The Kier molecular flexibility index (Phi) is 7.68. The third kappa shape index (κ3) is 5.33. The highest BCUT2D eigenvalue weighted by Crippen LogP contribution is 2.56. The Labute approximate surface area is 232 Å². The first kappa shape index (κ1) is 28.1. The first-order chi connectivity index (χ1) is 18.4. The lowest BCUT2D eigenvalue weighted by atomic mass is 9.63. The van der Waals surface area contributed by atoms with Crippen LogP contribution in [0.4, 0.5) is 19.3 Å². The molecule has 8 heteroatoms. The first-order valence-corrected chi connectivity index (χ1v) is 13.0. The van der Waals surface area contributed by atoms with Crippen molar-refractivity contribution in [2.24, 2.45) is 11.3 Å². The number of likely N-dealkylation sites (tertiary alicyclic amines) is 1. The van der Waals surface area contributed by atoms with E-state index in [0.29, 0.717) is 23.2 Å². The Bertz CT molecular complexity index is 1490. The summed E-state index contributed by atoms with van der Waals surface area (Å²) in [6.07, 6.45) is 0.465. The van der Waals surface area contributed by atoms with Gasteiger partial charge >= 0.3 is 6.03 Å². The normalized spacial score (nSPS) is 20.8. The van der Waals surface area contributed by atoms with E-state index in [9.17, 15) is 10.1 Å². The molecule has 1 saturated heterocycles. The van der Waals surface area contributed by atoms with Crippen LogP contribution < -0.4 is 5.32 Å². The van der Waals surface area contributed by atoms with Gasteiger partial charge < -0.3 is 10.2 Å². The lowest BCUT2D eigenvalue weighted by molar-refractivity contribution is 0.198. The fourth-order valence-corrected chi connectivity index (χ4v) is 5.81. The van der Waals surface area contributed by atoms with E-state index in [1.165, 1.54) is 23.1 Å². The standard InChI is InChI=1S/C31H29ClF2N4O/c1-19-8-13-24(26(33)14-19)31(18-36)21(15-30(2,3)4)17-38(28(31)23-6-5-7-25(32)27(23)34)29(39)37-22-11-9-20(16-35)10-12-22/h5-14,21,28H,15,17H2,1-4H3,(H,37,39)/t21-,28-,31?/m1/s1. The molecule has 1 fully saturated rings. The number of urea groups is 1. The average Bonchev–Trinajstić information content (AvgIpc) is 3.19. The minimum atomic E-state index is -1.61. The van der Waals surface area contributed by atoms with Crippen molar-refractivity contribution in [3.05, 3.63) is 99.6 Å². The smallest absolute Gasteiger partial charge is 0.315 e. The lowest BCUT2D eigenvalue weighted by Gasteiger charge is -2.38. The third-order valence-electron chi connectivity index (χ3n) is 7.22. The van der Waals surface area contributed by atoms with Crippen LogP contribution in [0.25, 0.3) is 0 Å². The molecular weight excluding hydrogens is 518 g/mol. The molecule has 0 aromatic heterocycles. The van der Waals surface area contributed by atoms with E-state index in [0.717, 1.165) is 0 Å². The van der Waals surface area contributed by atoms with Crippen LogP contribution in [-0.2, 0) is 5.41 Å². The van der Waals surface area contributed by atoms with E-state index >= 15 is 8.78 Å². The van der Waals surface area contributed by atoms with Crippen molar-refractivity contribution < 1.29 is 13.6 Å². The van der Waals surface area contributed by atoms with E-state index in [1.807, 2.05) is 26.8 Å². The number of nitrogens with zero attached hydrogens (tertiary/aromatic N) is 3. The second-order valence-electron chi connectivity index (χ2n) is 11.2. The minimum absolute atomic E-state index is 0.0374. The van der Waals surface area contributed by atoms with Crippen LogP contribution in [0.15, 0.2) is 60.7 Å². The van der Waals surface area contributed by atoms with Gasteiger partial charge in [0.2, 0.25) is 0 Å². The maximum absolute atomic E-state index is 15.7. The lowest BCUT2D eigenvalue weighted by Crippen LogP contribution is -2.42. The molecule has 0 saturated carbocycles. The molecular formula is C31H29ClF2N4O. The molecule has 200 valence electrons. The number of nitrogens with one attached hydrogen (secondary N) is 1. The van der Waals surface area contributed by atoms with Gasteiger partial charge in [0.05, 0.1) is 28.8 Å². The first-order valence-electron chi connectivity index (χ1n) is 12.6. The number of amides is 2. The molecule has 0 radical (unpaired) electrons. The summed E-state index contributed by atoms with van der Waals surface area (Å²) in [5, 5.41) is 22.7. The van der Waals surface area contributed by atoms with Crippen molar-refractivity contribution >= 4 is 23.3 Å². The Morgan fingerprint density at radius 1 is 1.13 bits per heavy atom. The van der Waals surface area contributed by atoms with Crippen LogP contribution in [0.3, 0.4) is 0 Å². The molecule has 1 aliphatic heterocycles.